The minimum Gasteiger partial charge on any atom is -0.423 e. The summed E-state index contributed by atoms with van der Waals surface area (Å²) in [4.78, 5) is 14.6. The average molecular weight is 327 g/mol. The van der Waals surface area contributed by atoms with E-state index in [1.807, 2.05) is 4.90 Å². The van der Waals surface area contributed by atoms with Crippen LogP contribution in [0.25, 0.3) is 0 Å². The van der Waals surface area contributed by atoms with Gasteiger partial charge < -0.3 is 14.1 Å². The molecule has 0 N–H and O–H groups in total. The monoisotopic (exact) mass is 327 g/mol. The van der Waals surface area contributed by atoms with Gasteiger partial charge in [-0.15, -0.1) is 10.2 Å². The average Bonchev–Trinajstić information content (AvgIpc) is 3.22. The van der Waals surface area contributed by atoms with Crippen molar-refractivity contribution < 1.29 is 13.9 Å². The molecule has 0 unspecified atom stereocenters. The zero-order valence-electron chi connectivity index (χ0n) is 13.8. The van der Waals surface area contributed by atoms with Crippen molar-refractivity contribution >= 4 is 5.91 Å². The minimum absolute atomic E-state index is 0.182. The molecule has 1 aromatic carbocycles. The molecule has 0 radical (unpaired) electrons. The smallest absolute Gasteiger partial charge is 0.246 e. The molecule has 1 aromatic heterocycles. The Hall–Kier alpha value is -2.21. The van der Waals surface area contributed by atoms with E-state index >= 15 is 0 Å². The summed E-state index contributed by atoms with van der Waals surface area (Å²) in [5.41, 5.74) is 2.72. The summed E-state index contributed by atoms with van der Waals surface area (Å²) in [5, 5.41) is 7.86. The Bertz CT molecular complexity index is 743. The number of hydrogen-bond acceptors (Lipinski definition) is 5. The molecule has 2 atom stereocenters. The van der Waals surface area contributed by atoms with Gasteiger partial charge in [-0.3, -0.25) is 4.79 Å². The van der Waals surface area contributed by atoms with E-state index in [1.165, 1.54) is 11.1 Å². The molecule has 1 saturated heterocycles. The Morgan fingerprint density at radius 3 is 3.04 bits per heavy atom. The van der Waals surface area contributed by atoms with Crippen LogP contribution in [0.15, 0.2) is 28.7 Å². The lowest BCUT2D eigenvalue weighted by Gasteiger charge is -2.32. The molecule has 1 fully saturated rings. The van der Waals surface area contributed by atoms with E-state index in [1.54, 1.807) is 6.92 Å². The molecule has 4 rings (SSSR count). The first kappa shape index (κ1) is 15.3. The largest absolute Gasteiger partial charge is 0.423 e. The SMILES string of the molecule is Cc1nnc([C@H]2CN(C(=O)C[C@@H]3CCc4ccccc43)CCO2)o1. The first-order chi connectivity index (χ1) is 11.7. The number of nitrogens with zero attached hydrogens (tertiary/aromatic N) is 3. The fraction of sp³-hybridized carbons (Fsp3) is 0.500. The van der Waals surface area contributed by atoms with Gasteiger partial charge in [0.1, 0.15) is 0 Å². The quantitative estimate of drug-likeness (QED) is 0.866. The fourth-order valence-electron chi connectivity index (χ4n) is 3.66. The topological polar surface area (TPSA) is 68.5 Å². The fourth-order valence-corrected chi connectivity index (χ4v) is 3.66. The van der Waals surface area contributed by atoms with Gasteiger partial charge >= 0.3 is 0 Å². The van der Waals surface area contributed by atoms with Crippen LogP contribution in [0.2, 0.25) is 0 Å². The Morgan fingerprint density at radius 1 is 1.33 bits per heavy atom. The number of fused-ring (bicyclic) bond motifs is 1. The van der Waals surface area contributed by atoms with E-state index < -0.39 is 0 Å². The summed E-state index contributed by atoms with van der Waals surface area (Å²) in [6, 6.07) is 8.46. The van der Waals surface area contributed by atoms with Crippen molar-refractivity contribution in [2.24, 2.45) is 0 Å². The highest BCUT2D eigenvalue weighted by Crippen LogP contribution is 2.36. The van der Waals surface area contributed by atoms with Gasteiger partial charge in [-0.05, 0) is 29.9 Å². The molecule has 6 nitrogen and oxygen atoms in total. The molecule has 2 aromatic rings. The van der Waals surface area contributed by atoms with E-state index in [-0.39, 0.29) is 12.0 Å². The standard InChI is InChI=1S/C18H21N3O3/c1-12-19-20-18(24-12)16-11-21(8-9-23-16)17(22)10-14-7-6-13-4-2-3-5-15(13)14/h2-5,14,16H,6-11H2,1H3/t14-,16+/m0/s1. The number of morpholine rings is 1. The molecule has 24 heavy (non-hydrogen) atoms. The number of aromatic nitrogens is 2. The third kappa shape index (κ3) is 2.94. The number of hydrogen-bond donors (Lipinski definition) is 0. The number of carbonyl (C=O) groups excluding carboxylic acids is 1. The van der Waals surface area contributed by atoms with Gasteiger partial charge in [0.2, 0.25) is 17.7 Å². The Kier molecular flexibility index (Phi) is 4.06. The number of amides is 1. The van der Waals surface area contributed by atoms with Crippen LogP contribution in [0.5, 0.6) is 0 Å². The summed E-state index contributed by atoms with van der Waals surface area (Å²) in [6.45, 7) is 3.35. The van der Waals surface area contributed by atoms with Crippen LogP contribution in [-0.2, 0) is 16.0 Å². The molecular formula is C18H21N3O3. The zero-order chi connectivity index (χ0) is 16.5. The van der Waals surface area contributed by atoms with Crippen LogP contribution < -0.4 is 0 Å². The van der Waals surface area contributed by atoms with E-state index in [0.717, 1.165) is 12.8 Å². The van der Waals surface area contributed by atoms with Crippen LogP contribution in [0, 0.1) is 6.92 Å². The third-order valence-electron chi connectivity index (χ3n) is 4.91. The van der Waals surface area contributed by atoms with Gasteiger partial charge in [-0.25, -0.2) is 0 Å². The number of benzene rings is 1. The maximum atomic E-state index is 12.7. The van der Waals surface area contributed by atoms with Crippen LogP contribution in [-0.4, -0.2) is 40.7 Å². The summed E-state index contributed by atoms with van der Waals surface area (Å²) >= 11 is 0. The van der Waals surface area contributed by atoms with Crippen molar-refractivity contribution in [3.8, 4) is 0 Å². The molecule has 1 aliphatic carbocycles. The minimum atomic E-state index is -0.320. The summed E-state index contributed by atoms with van der Waals surface area (Å²) in [6.07, 6.45) is 2.37. The first-order valence-corrected chi connectivity index (χ1v) is 8.48. The zero-order valence-corrected chi connectivity index (χ0v) is 13.8. The van der Waals surface area contributed by atoms with Crippen molar-refractivity contribution in [2.75, 3.05) is 19.7 Å². The van der Waals surface area contributed by atoms with Gasteiger partial charge in [0.15, 0.2) is 6.10 Å². The lowest BCUT2D eigenvalue weighted by molar-refractivity contribution is -0.140. The number of ether oxygens (including phenoxy) is 1. The second kappa shape index (κ2) is 6.36. The Labute approximate surface area is 140 Å². The van der Waals surface area contributed by atoms with Crippen LogP contribution in [0.1, 0.15) is 47.8 Å². The summed E-state index contributed by atoms with van der Waals surface area (Å²) in [7, 11) is 0. The Balaban J connectivity index is 1.41. The molecule has 1 aliphatic heterocycles. The number of rotatable bonds is 3. The maximum absolute atomic E-state index is 12.7. The Morgan fingerprint density at radius 2 is 2.21 bits per heavy atom. The molecule has 6 heteroatoms. The van der Waals surface area contributed by atoms with E-state index in [0.29, 0.717) is 43.8 Å². The predicted octanol–water partition coefficient (Wildman–Crippen LogP) is 2.40. The van der Waals surface area contributed by atoms with Gasteiger partial charge in [-0.1, -0.05) is 24.3 Å². The van der Waals surface area contributed by atoms with E-state index in [2.05, 4.69) is 34.5 Å². The highest BCUT2D eigenvalue weighted by Gasteiger charge is 2.31. The summed E-state index contributed by atoms with van der Waals surface area (Å²) in [5.74, 6) is 1.48. The van der Waals surface area contributed by atoms with Gasteiger partial charge in [0, 0.05) is 19.9 Å². The molecule has 2 aliphatic rings. The summed E-state index contributed by atoms with van der Waals surface area (Å²) < 4.78 is 11.1. The third-order valence-corrected chi connectivity index (χ3v) is 4.91. The van der Waals surface area contributed by atoms with Crippen molar-refractivity contribution in [1.82, 2.24) is 15.1 Å². The second-order valence-electron chi connectivity index (χ2n) is 6.50. The first-order valence-electron chi connectivity index (χ1n) is 8.48. The second-order valence-corrected chi connectivity index (χ2v) is 6.50. The van der Waals surface area contributed by atoms with Crippen molar-refractivity contribution in [1.29, 1.82) is 0 Å². The molecular weight excluding hydrogens is 306 g/mol. The number of aryl methyl sites for hydroxylation is 2. The van der Waals surface area contributed by atoms with Crippen LogP contribution in [0.3, 0.4) is 0 Å². The van der Waals surface area contributed by atoms with Gasteiger partial charge in [0.25, 0.3) is 0 Å². The van der Waals surface area contributed by atoms with E-state index in [9.17, 15) is 4.79 Å². The van der Waals surface area contributed by atoms with Crippen LogP contribution >= 0.6 is 0 Å². The number of carbonyl (C=O) groups is 1. The molecule has 0 saturated carbocycles. The van der Waals surface area contributed by atoms with Gasteiger partial charge in [0.05, 0.1) is 13.2 Å². The highest BCUT2D eigenvalue weighted by molar-refractivity contribution is 5.77. The highest BCUT2D eigenvalue weighted by atomic mass is 16.5. The lowest BCUT2D eigenvalue weighted by Crippen LogP contribution is -2.42. The lowest BCUT2D eigenvalue weighted by atomic mass is 9.97. The molecule has 0 spiro atoms. The van der Waals surface area contributed by atoms with Crippen molar-refractivity contribution in [2.45, 2.75) is 38.2 Å². The predicted molar refractivity (Wildman–Crippen MR) is 86.4 cm³/mol. The van der Waals surface area contributed by atoms with Crippen LogP contribution in [0.4, 0.5) is 0 Å². The molecule has 126 valence electrons. The molecule has 1 amide bonds. The maximum Gasteiger partial charge on any atom is 0.246 e. The van der Waals surface area contributed by atoms with Crippen molar-refractivity contribution in [3.63, 3.8) is 0 Å². The van der Waals surface area contributed by atoms with Gasteiger partial charge in [-0.2, -0.15) is 0 Å². The molecule has 2 heterocycles. The van der Waals surface area contributed by atoms with E-state index in [4.69, 9.17) is 9.15 Å². The van der Waals surface area contributed by atoms with Crippen molar-refractivity contribution in [3.05, 3.63) is 47.2 Å². The normalized spacial score (nSPS) is 23.3. The molecule has 0 bridgehead atoms.